The molecule has 2 heterocycles. The summed E-state index contributed by atoms with van der Waals surface area (Å²) in [6.07, 6.45) is 0.990. The quantitative estimate of drug-likeness (QED) is 0.168. The Labute approximate surface area is 349 Å². The molecule has 3 heteroatoms. The Kier molecular flexibility index (Phi) is 9.24. The fourth-order valence-corrected chi connectivity index (χ4v) is 11.4. The number of rotatable bonds is 5. The van der Waals surface area contributed by atoms with Crippen molar-refractivity contribution in [2.75, 3.05) is 4.90 Å². The second-order valence-corrected chi connectivity index (χ2v) is 17.6. The van der Waals surface area contributed by atoms with E-state index in [0.29, 0.717) is 5.92 Å². The Balaban J connectivity index is 0.00000201. The number of hydrogen-bond acceptors (Lipinski definition) is 3. The molecule has 2 aromatic heterocycles. The molecule has 0 N–H and O–H groups in total. The predicted molar refractivity (Wildman–Crippen MR) is 256 cm³/mol. The van der Waals surface area contributed by atoms with Crippen molar-refractivity contribution in [3.8, 4) is 33.4 Å². The molecule has 0 radical (unpaired) electrons. The molecule has 0 spiro atoms. The molecule has 10 aromatic rings. The monoisotopic (exact) mass is 783 g/mol. The molecule has 58 heavy (non-hydrogen) atoms. The summed E-state index contributed by atoms with van der Waals surface area (Å²) in [7, 11) is 0. The maximum atomic E-state index is 2.52. The van der Waals surface area contributed by atoms with Crippen molar-refractivity contribution >= 4 is 80.1 Å². The molecule has 11 rings (SSSR count). The number of aryl methyl sites for hydroxylation is 2. The van der Waals surface area contributed by atoms with E-state index in [1.807, 2.05) is 36.5 Å². The van der Waals surface area contributed by atoms with E-state index < -0.39 is 0 Å². The van der Waals surface area contributed by atoms with E-state index in [-0.39, 0.29) is 0 Å². The van der Waals surface area contributed by atoms with Gasteiger partial charge in [0.1, 0.15) is 0 Å². The summed E-state index contributed by atoms with van der Waals surface area (Å²) in [5.74, 6) is 0.413. The van der Waals surface area contributed by atoms with E-state index in [9.17, 15) is 0 Å². The van der Waals surface area contributed by atoms with Crippen molar-refractivity contribution in [2.45, 2.75) is 47.0 Å². The van der Waals surface area contributed by atoms with Gasteiger partial charge in [-0.3, -0.25) is 0 Å². The number of thiophene rings is 2. The van der Waals surface area contributed by atoms with E-state index in [2.05, 4.69) is 189 Å². The van der Waals surface area contributed by atoms with Gasteiger partial charge in [0.15, 0.2) is 0 Å². The smallest absolute Gasteiger partial charge is 0.0543 e. The van der Waals surface area contributed by atoms with Gasteiger partial charge in [0.25, 0.3) is 0 Å². The Morgan fingerprint density at radius 1 is 0.483 bits per heavy atom. The number of nitrogens with zero attached hydrogens (tertiary/aromatic N) is 1. The van der Waals surface area contributed by atoms with Crippen molar-refractivity contribution in [3.05, 3.63) is 186 Å². The summed E-state index contributed by atoms with van der Waals surface area (Å²) in [5.41, 5.74) is 16.8. The summed E-state index contributed by atoms with van der Waals surface area (Å²) < 4.78 is 5.30. The average molecular weight is 784 g/mol. The maximum Gasteiger partial charge on any atom is 0.0543 e. The largest absolute Gasteiger partial charge is 0.310 e. The van der Waals surface area contributed by atoms with Crippen LogP contribution in [-0.4, -0.2) is 0 Å². The van der Waals surface area contributed by atoms with Crippen LogP contribution in [0.2, 0.25) is 0 Å². The standard InChI is InChI=1S/C53H39NS2.C2H6/c1-32-16-23-40-34(3)29-47-41(39-11-5-4-10-33(39)2)25-26-48(53(47)46(40)28-32)54(38-22-27-51-45(31-38)43-13-7-9-15-50(43)55-51)37-20-17-35(18-21-37)36-19-24-44-42-12-6-8-14-49(42)56-52(44)30-36;1-2/h4-28,30-31,34H,29H2,1-3H3;1-2H3. The van der Waals surface area contributed by atoms with E-state index in [1.54, 1.807) is 0 Å². The molecule has 0 aliphatic heterocycles. The molecular weight excluding hydrogens is 739 g/mol. The van der Waals surface area contributed by atoms with Gasteiger partial charge in [-0.1, -0.05) is 136 Å². The zero-order valence-corrected chi connectivity index (χ0v) is 35.3. The molecular formula is C55H45NS2. The number of benzene rings is 8. The Bertz CT molecular complexity index is 3160. The van der Waals surface area contributed by atoms with Crippen LogP contribution in [0.25, 0.3) is 73.7 Å². The summed E-state index contributed by atoms with van der Waals surface area (Å²) in [6.45, 7) is 10.9. The first kappa shape index (κ1) is 36.3. The summed E-state index contributed by atoms with van der Waals surface area (Å²) in [4.78, 5) is 2.52. The van der Waals surface area contributed by atoms with Gasteiger partial charge in [0.05, 0.1) is 5.69 Å². The number of hydrogen-bond donors (Lipinski definition) is 0. The summed E-state index contributed by atoms with van der Waals surface area (Å²) in [5, 5.41) is 5.28. The van der Waals surface area contributed by atoms with Crippen molar-refractivity contribution < 1.29 is 0 Å². The van der Waals surface area contributed by atoms with Crippen molar-refractivity contribution in [3.63, 3.8) is 0 Å². The molecule has 282 valence electrons. The molecule has 1 aliphatic rings. The van der Waals surface area contributed by atoms with Crippen molar-refractivity contribution in [1.29, 1.82) is 0 Å². The third-order valence-electron chi connectivity index (χ3n) is 11.9. The van der Waals surface area contributed by atoms with Crippen LogP contribution in [0.4, 0.5) is 17.1 Å². The lowest BCUT2D eigenvalue weighted by atomic mass is 9.75. The lowest BCUT2D eigenvalue weighted by molar-refractivity contribution is 0.750. The minimum Gasteiger partial charge on any atom is -0.310 e. The van der Waals surface area contributed by atoms with Crippen LogP contribution in [0.1, 0.15) is 48.9 Å². The Morgan fingerprint density at radius 3 is 1.90 bits per heavy atom. The highest BCUT2D eigenvalue weighted by molar-refractivity contribution is 7.26. The van der Waals surface area contributed by atoms with Gasteiger partial charge in [-0.25, -0.2) is 0 Å². The van der Waals surface area contributed by atoms with Crippen LogP contribution in [0.5, 0.6) is 0 Å². The third-order valence-corrected chi connectivity index (χ3v) is 14.2. The fraction of sp³-hybridized carbons (Fsp3) is 0.127. The molecule has 1 unspecified atom stereocenters. The Hall–Kier alpha value is -6.00. The van der Waals surface area contributed by atoms with Crippen molar-refractivity contribution in [1.82, 2.24) is 0 Å². The first-order valence-electron chi connectivity index (χ1n) is 20.5. The molecule has 0 bridgehead atoms. The van der Waals surface area contributed by atoms with Gasteiger partial charge >= 0.3 is 0 Å². The topological polar surface area (TPSA) is 3.24 Å². The molecule has 8 aromatic carbocycles. The lowest BCUT2D eigenvalue weighted by Crippen LogP contribution is -2.17. The van der Waals surface area contributed by atoms with Crippen LogP contribution < -0.4 is 4.90 Å². The van der Waals surface area contributed by atoms with Gasteiger partial charge < -0.3 is 4.90 Å². The summed E-state index contributed by atoms with van der Waals surface area (Å²) in [6, 6.07) is 61.6. The van der Waals surface area contributed by atoms with Crippen LogP contribution in [0.3, 0.4) is 0 Å². The maximum absolute atomic E-state index is 2.52. The van der Waals surface area contributed by atoms with E-state index in [4.69, 9.17) is 0 Å². The molecule has 1 aliphatic carbocycles. The van der Waals surface area contributed by atoms with Gasteiger partial charge in [-0.2, -0.15) is 0 Å². The highest BCUT2D eigenvalue weighted by atomic mass is 32.1. The molecule has 0 fully saturated rings. The van der Waals surface area contributed by atoms with E-state index in [0.717, 1.165) is 12.1 Å². The average Bonchev–Trinajstić information content (AvgIpc) is 3.83. The molecule has 1 nitrogen and oxygen atoms in total. The number of anilines is 3. The van der Waals surface area contributed by atoms with Gasteiger partial charge in [-0.05, 0) is 125 Å². The predicted octanol–water partition coefficient (Wildman–Crippen LogP) is 17.2. The van der Waals surface area contributed by atoms with E-state index >= 15 is 0 Å². The zero-order valence-electron chi connectivity index (χ0n) is 33.6. The highest BCUT2D eigenvalue weighted by Gasteiger charge is 2.30. The van der Waals surface area contributed by atoms with Crippen LogP contribution in [-0.2, 0) is 6.42 Å². The fourth-order valence-electron chi connectivity index (χ4n) is 9.18. The second kappa shape index (κ2) is 14.7. The Morgan fingerprint density at radius 2 is 1.12 bits per heavy atom. The molecule has 0 amide bonds. The van der Waals surface area contributed by atoms with Crippen molar-refractivity contribution in [2.24, 2.45) is 0 Å². The molecule has 1 atom stereocenters. The van der Waals surface area contributed by atoms with Gasteiger partial charge in [0.2, 0.25) is 0 Å². The van der Waals surface area contributed by atoms with E-state index in [1.165, 1.54) is 107 Å². The first-order valence-corrected chi connectivity index (χ1v) is 22.2. The van der Waals surface area contributed by atoms with Crippen LogP contribution in [0, 0.1) is 13.8 Å². The minimum absolute atomic E-state index is 0.413. The lowest BCUT2D eigenvalue weighted by Gasteiger charge is -2.34. The second-order valence-electron chi connectivity index (χ2n) is 15.5. The SMILES string of the molecule is CC.Cc1ccc2c(c1)-c1c(N(c3ccc(-c4ccc5c(c4)sc4ccccc45)cc3)c3ccc4sc5ccccc5c4c3)ccc(-c3ccccc3C)c1CC2C. The number of fused-ring (bicyclic) bond motifs is 9. The van der Waals surface area contributed by atoms with Crippen LogP contribution >= 0.6 is 22.7 Å². The summed E-state index contributed by atoms with van der Waals surface area (Å²) >= 11 is 3.75. The zero-order chi connectivity index (χ0) is 39.5. The van der Waals surface area contributed by atoms with Crippen LogP contribution in [0.15, 0.2) is 164 Å². The molecule has 0 saturated carbocycles. The highest BCUT2D eigenvalue weighted by Crippen LogP contribution is 2.52. The third kappa shape index (κ3) is 6.04. The first-order chi connectivity index (χ1) is 28.5. The minimum atomic E-state index is 0.413. The normalized spacial score (nSPS) is 13.4. The van der Waals surface area contributed by atoms with Gasteiger partial charge in [0, 0.05) is 57.3 Å². The van der Waals surface area contributed by atoms with Gasteiger partial charge in [-0.15, -0.1) is 22.7 Å². The molecule has 0 saturated heterocycles.